The van der Waals surface area contributed by atoms with Crippen molar-refractivity contribution in [3.63, 3.8) is 0 Å². The Labute approximate surface area is 181 Å². The van der Waals surface area contributed by atoms with Crippen LogP contribution in [0.1, 0.15) is 47.4 Å². The highest BCUT2D eigenvalue weighted by atomic mass is 16.3. The van der Waals surface area contributed by atoms with Crippen LogP contribution in [0.4, 0.5) is 0 Å². The highest BCUT2D eigenvalue weighted by molar-refractivity contribution is 5.91. The minimum atomic E-state index is -0.426. The van der Waals surface area contributed by atoms with Crippen LogP contribution in [-0.2, 0) is 23.3 Å². The lowest BCUT2D eigenvalue weighted by Gasteiger charge is -2.40. The van der Waals surface area contributed by atoms with E-state index in [0.29, 0.717) is 19.0 Å². The number of likely N-dealkylation sites (tertiary alicyclic amines) is 1. The van der Waals surface area contributed by atoms with Crippen molar-refractivity contribution in [1.82, 2.24) is 20.2 Å². The number of aromatic nitrogens is 2. The Balaban J connectivity index is 1.33. The summed E-state index contributed by atoms with van der Waals surface area (Å²) in [5, 5.41) is 2.80. The average molecular weight is 418 g/mol. The fourth-order valence-corrected chi connectivity index (χ4v) is 4.14. The molecule has 1 saturated heterocycles. The molecule has 3 heterocycles. The zero-order valence-electron chi connectivity index (χ0n) is 17.6. The Morgan fingerprint density at radius 3 is 2.52 bits per heavy atom. The van der Waals surface area contributed by atoms with Crippen molar-refractivity contribution in [3.8, 4) is 0 Å². The van der Waals surface area contributed by atoms with Gasteiger partial charge in [-0.1, -0.05) is 36.4 Å². The molecule has 31 heavy (non-hydrogen) atoms. The van der Waals surface area contributed by atoms with E-state index in [2.05, 4.69) is 20.2 Å². The first kappa shape index (κ1) is 20.9. The molecular weight excluding hydrogens is 392 g/mol. The van der Waals surface area contributed by atoms with Crippen molar-refractivity contribution in [2.45, 2.75) is 38.3 Å². The number of hydrogen-bond donors (Lipinski definition) is 1. The lowest BCUT2D eigenvalue weighted by Crippen LogP contribution is -2.46. The van der Waals surface area contributed by atoms with Crippen LogP contribution in [0.2, 0.25) is 0 Å². The molecule has 0 saturated carbocycles. The van der Waals surface area contributed by atoms with E-state index in [1.165, 1.54) is 6.26 Å². The number of rotatable bonds is 7. The van der Waals surface area contributed by atoms with Gasteiger partial charge in [0.25, 0.3) is 5.91 Å². The molecule has 160 valence electrons. The molecule has 1 amide bonds. The first-order valence-electron chi connectivity index (χ1n) is 10.5. The third-order valence-electron chi connectivity index (χ3n) is 6.01. The SMILES string of the molecule is CC(=O)C1(c2ccccc2)CCN(Cc2nc(C(=O)NCc3ccccn3)co2)CC1. The van der Waals surface area contributed by atoms with Gasteiger partial charge in [-0.15, -0.1) is 0 Å². The van der Waals surface area contributed by atoms with Gasteiger partial charge in [-0.25, -0.2) is 4.98 Å². The number of carbonyl (C=O) groups is 2. The molecule has 1 aliphatic heterocycles. The minimum Gasteiger partial charge on any atom is -0.447 e. The summed E-state index contributed by atoms with van der Waals surface area (Å²) in [5.41, 5.74) is 1.70. The molecule has 0 atom stereocenters. The second kappa shape index (κ2) is 9.22. The van der Waals surface area contributed by atoms with Gasteiger partial charge in [0.1, 0.15) is 12.0 Å². The number of benzene rings is 1. The van der Waals surface area contributed by atoms with Crippen molar-refractivity contribution in [3.05, 3.63) is 83.8 Å². The van der Waals surface area contributed by atoms with Gasteiger partial charge < -0.3 is 9.73 Å². The van der Waals surface area contributed by atoms with E-state index in [4.69, 9.17) is 4.42 Å². The van der Waals surface area contributed by atoms with Gasteiger partial charge in [0, 0.05) is 6.20 Å². The van der Waals surface area contributed by atoms with Crippen molar-refractivity contribution in [2.24, 2.45) is 0 Å². The number of Topliss-reactive ketones (excluding diaryl/α,β-unsaturated/α-hetero) is 1. The van der Waals surface area contributed by atoms with E-state index in [-0.39, 0.29) is 17.4 Å². The standard InChI is InChI=1S/C24H26N4O3/c1-18(29)24(19-7-3-2-4-8-19)10-13-28(14-11-24)16-22-27-21(17-31-22)23(30)26-15-20-9-5-6-12-25-20/h2-9,12,17H,10-11,13-16H2,1H3,(H,26,30). The van der Waals surface area contributed by atoms with Gasteiger partial charge in [-0.3, -0.25) is 19.5 Å². The highest BCUT2D eigenvalue weighted by Crippen LogP contribution is 2.36. The number of ketones is 1. The van der Waals surface area contributed by atoms with E-state index in [0.717, 1.165) is 37.2 Å². The molecule has 3 aromatic rings. The summed E-state index contributed by atoms with van der Waals surface area (Å²) in [4.78, 5) is 35.6. The maximum atomic E-state index is 12.5. The number of nitrogens with one attached hydrogen (secondary N) is 1. The van der Waals surface area contributed by atoms with Gasteiger partial charge in [-0.05, 0) is 50.6 Å². The van der Waals surface area contributed by atoms with Crippen LogP contribution in [0.15, 0.2) is 65.4 Å². The van der Waals surface area contributed by atoms with Crippen molar-refractivity contribution < 1.29 is 14.0 Å². The average Bonchev–Trinajstić information content (AvgIpc) is 3.28. The summed E-state index contributed by atoms with van der Waals surface area (Å²) in [5.74, 6) is 0.415. The molecule has 1 aliphatic rings. The number of nitrogens with zero attached hydrogens (tertiary/aromatic N) is 3. The van der Waals surface area contributed by atoms with Gasteiger partial charge in [0.2, 0.25) is 5.89 Å². The van der Waals surface area contributed by atoms with Crippen LogP contribution in [0.3, 0.4) is 0 Å². The van der Waals surface area contributed by atoms with E-state index < -0.39 is 5.41 Å². The molecule has 1 N–H and O–H groups in total. The smallest absolute Gasteiger partial charge is 0.273 e. The molecule has 7 nitrogen and oxygen atoms in total. The highest BCUT2D eigenvalue weighted by Gasteiger charge is 2.40. The molecule has 2 aromatic heterocycles. The Hall–Kier alpha value is -3.32. The van der Waals surface area contributed by atoms with Gasteiger partial charge in [-0.2, -0.15) is 0 Å². The first-order chi connectivity index (χ1) is 15.1. The summed E-state index contributed by atoms with van der Waals surface area (Å²) in [6.07, 6.45) is 4.58. The summed E-state index contributed by atoms with van der Waals surface area (Å²) in [7, 11) is 0. The molecule has 4 rings (SSSR count). The quantitative estimate of drug-likeness (QED) is 0.634. The molecule has 0 bridgehead atoms. The molecule has 7 heteroatoms. The van der Waals surface area contributed by atoms with Crippen molar-refractivity contribution in [2.75, 3.05) is 13.1 Å². The van der Waals surface area contributed by atoms with E-state index >= 15 is 0 Å². The molecule has 1 aromatic carbocycles. The zero-order valence-corrected chi connectivity index (χ0v) is 17.6. The summed E-state index contributed by atoms with van der Waals surface area (Å²) >= 11 is 0. The van der Waals surface area contributed by atoms with Gasteiger partial charge in [0.15, 0.2) is 5.69 Å². The van der Waals surface area contributed by atoms with Crippen molar-refractivity contribution in [1.29, 1.82) is 0 Å². The van der Waals surface area contributed by atoms with E-state index in [1.807, 2.05) is 48.5 Å². The molecular formula is C24H26N4O3. The predicted molar refractivity (Wildman–Crippen MR) is 115 cm³/mol. The molecule has 0 aliphatic carbocycles. The Bertz CT molecular complexity index is 1030. The number of carbonyl (C=O) groups excluding carboxylic acids is 2. The topological polar surface area (TPSA) is 88.3 Å². The summed E-state index contributed by atoms with van der Waals surface area (Å²) in [6.45, 7) is 4.06. The van der Waals surface area contributed by atoms with Gasteiger partial charge >= 0.3 is 0 Å². The molecule has 1 fully saturated rings. The second-order valence-corrected chi connectivity index (χ2v) is 7.91. The lowest BCUT2D eigenvalue weighted by atomic mass is 9.70. The monoisotopic (exact) mass is 418 g/mol. The summed E-state index contributed by atoms with van der Waals surface area (Å²) < 4.78 is 5.53. The largest absolute Gasteiger partial charge is 0.447 e. The van der Waals surface area contributed by atoms with Crippen LogP contribution in [0, 0.1) is 0 Å². The number of amides is 1. The first-order valence-corrected chi connectivity index (χ1v) is 10.5. The minimum absolute atomic E-state index is 0.210. The predicted octanol–water partition coefficient (Wildman–Crippen LogP) is 3.12. The Morgan fingerprint density at radius 1 is 1.10 bits per heavy atom. The maximum Gasteiger partial charge on any atom is 0.273 e. The maximum absolute atomic E-state index is 12.5. The fraction of sp³-hybridized carbons (Fsp3) is 0.333. The number of pyridine rings is 1. The van der Waals surface area contributed by atoms with Crippen LogP contribution in [-0.4, -0.2) is 39.6 Å². The number of piperidine rings is 1. The Morgan fingerprint density at radius 2 is 1.84 bits per heavy atom. The van der Waals surface area contributed by atoms with Gasteiger partial charge in [0.05, 0.1) is 24.2 Å². The van der Waals surface area contributed by atoms with Crippen molar-refractivity contribution >= 4 is 11.7 Å². The molecule has 0 radical (unpaired) electrons. The van der Waals surface area contributed by atoms with Crippen LogP contribution in [0.25, 0.3) is 0 Å². The lowest BCUT2D eigenvalue weighted by molar-refractivity contribution is -0.124. The molecule has 0 spiro atoms. The van der Waals surface area contributed by atoms with E-state index in [9.17, 15) is 9.59 Å². The number of hydrogen-bond acceptors (Lipinski definition) is 6. The summed E-state index contributed by atoms with van der Waals surface area (Å²) in [6, 6.07) is 15.6. The third-order valence-corrected chi connectivity index (χ3v) is 6.01. The molecule has 0 unspecified atom stereocenters. The fourth-order valence-electron chi connectivity index (χ4n) is 4.14. The second-order valence-electron chi connectivity index (χ2n) is 7.91. The Kier molecular flexibility index (Phi) is 6.23. The zero-order chi connectivity index (χ0) is 21.7. The van der Waals surface area contributed by atoms with Crippen LogP contribution in [0.5, 0.6) is 0 Å². The van der Waals surface area contributed by atoms with Crippen LogP contribution >= 0.6 is 0 Å². The van der Waals surface area contributed by atoms with E-state index in [1.54, 1.807) is 13.1 Å². The number of oxazole rings is 1. The van der Waals surface area contributed by atoms with Crippen LogP contribution < -0.4 is 5.32 Å². The third kappa shape index (κ3) is 4.72. The normalized spacial score (nSPS) is 16.0.